The average molecular weight is 458 g/mol. The number of benzene rings is 1. The number of piperidine rings is 1. The summed E-state index contributed by atoms with van der Waals surface area (Å²) in [5.74, 6) is -0.293. The monoisotopic (exact) mass is 457 g/mol. The van der Waals surface area contributed by atoms with E-state index >= 15 is 0 Å². The molecule has 0 radical (unpaired) electrons. The predicted octanol–water partition coefficient (Wildman–Crippen LogP) is 3.95. The van der Waals surface area contributed by atoms with E-state index in [9.17, 15) is 9.59 Å². The summed E-state index contributed by atoms with van der Waals surface area (Å²) in [4.78, 5) is 31.1. The third-order valence-electron chi connectivity index (χ3n) is 5.40. The molecule has 0 unspecified atom stereocenters. The molecule has 1 aliphatic rings. The van der Waals surface area contributed by atoms with Crippen molar-refractivity contribution in [2.75, 3.05) is 13.1 Å². The number of carbonyl (C=O) groups is 2. The molecule has 0 atom stereocenters. The van der Waals surface area contributed by atoms with Crippen molar-refractivity contribution in [2.24, 2.45) is 5.92 Å². The molecule has 2 amide bonds. The zero-order chi connectivity index (χ0) is 21.8. The Morgan fingerprint density at radius 3 is 2.58 bits per heavy atom. The molecule has 31 heavy (non-hydrogen) atoms. The summed E-state index contributed by atoms with van der Waals surface area (Å²) in [6.45, 7) is 1.35. The minimum atomic E-state index is -0.142. The van der Waals surface area contributed by atoms with Gasteiger partial charge in [0, 0.05) is 53.6 Å². The largest absolute Gasteiger partial charge is 0.352 e. The van der Waals surface area contributed by atoms with Gasteiger partial charge in [0.15, 0.2) is 0 Å². The predicted molar refractivity (Wildman–Crippen MR) is 119 cm³/mol. The number of carbonyl (C=O) groups excluding carboxylic acids is 2. The van der Waals surface area contributed by atoms with E-state index in [2.05, 4.69) is 20.5 Å². The third kappa shape index (κ3) is 5.06. The Morgan fingerprint density at radius 1 is 1.10 bits per heavy atom. The number of hydrogen-bond acceptors (Lipinski definition) is 4. The second-order valence-electron chi connectivity index (χ2n) is 7.42. The zero-order valence-corrected chi connectivity index (χ0v) is 18.2. The standard InChI is InChI=1S/C22H21Cl2N5O2/c23-17-1-2-18(24)16(11-17)13-26-21(30)15-5-9-29(10-6-15)22(31)20-12-19(27-28-20)14-3-7-25-8-4-14/h1-4,7-8,11-12,15H,5-6,9-10,13H2,(H,26,30)(H,27,28). The van der Waals surface area contributed by atoms with Crippen LogP contribution in [0.1, 0.15) is 28.9 Å². The van der Waals surface area contributed by atoms with Gasteiger partial charge < -0.3 is 10.2 Å². The van der Waals surface area contributed by atoms with Gasteiger partial charge in [-0.15, -0.1) is 0 Å². The molecule has 0 saturated carbocycles. The van der Waals surface area contributed by atoms with Gasteiger partial charge in [-0.3, -0.25) is 19.7 Å². The van der Waals surface area contributed by atoms with E-state index in [4.69, 9.17) is 23.2 Å². The fourth-order valence-corrected chi connectivity index (χ4v) is 4.00. The molecule has 2 N–H and O–H groups in total. The molecule has 3 aromatic rings. The molecule has 4 rings (SSSR count). The van der Waals surface area contributed by atoms with Crippen molar-refractivity contribution in [3.63, 3.8) is 0 Å². The molecule has 1 aromatic carbocycles. The molecule has 1 aliphatic heterocycles. The molecule has 0 spiro atoms. The normalized spacial score (nSPS) is 14.5. The van der Waals surface area contributed by atoms with Gasteiger partial charge in [0.2, 0.25) is 5.91 Å². The first kappa shape index (κ1) is 21.3. The second-order valence-corrected chi connectivity index (χ2v) is 8.27. The van der Waals surface area contributed by atoms with Crippen LogP contribution in [0.3, 0.4) is 0 Å². The Balaban J connectivity index is 1.30. The van der Waals surface area contributed by atoms with Crippen molar-refractivity contribution in [1.82, 2.24) is 25.4 Å². The maximum Gasteiger partial charge on any atom is 0.271 e. The highest BCUT2D eigenvalue weighted by Gasteiger charge is 2.28. The molecule has 0 aliphatic carbocycles. The number of nitrogens with one attached hydrogen (secondary N) is 2. The number of pyridine rings is 1. The highest BCUT2D eigenvalue weighted by molar-refractivity contribution is 6.33. The van der Waals surface area contributed by atoms with Crippen molar-refractivity contribution in [3.8, 4) is 11.3 Å². The number of H-pyrrole nitrogens is 1. The van der Waals surface area contributed by atoms with Crippen LogP contribution in [0.5, 0.6) is 0 Å². The smallest absolute Gasteiger partial charge is 0.271 e. The van der Waals surface area contributed by atoms with Gasteiger partial charge >= 0.3 is 0 Å². The van der Waals surface area contributed by atoms with Gasteiger partial charge in [0.05, 0.1) is 5.69 Å². The minimum Gasteiger partial charge on any atom is -0.352 e. The van der Waals surface area contributed by atoms with E-state index in [1.165, 1.54) is 0 Å². The van der Waals surface area contributed by atoms with Crippen molar-refractivity contribution in [1.29, 1.82) is 0 Å². The summed E-state index contributed by atoms with van der Waals surface area (Å²) in [7, 11) is 0. The van der Waals surface area contributed by atoms with Crippen LogP contribution < -0.4 is 5.32 Å². The summed E-state index contributed by atoms with van der Waals surface area (Å²) < 4.78 is 0. The Hall–Kier alpha value is -2.90. The van der Waals surface area contributed by atoms with Crippen LogP contribution in [-0.2, 0) is 11.3 Å². The van der Waals surface area contributed by atoms with Crippen LogP contribution in [0.25, 0.3) is 11.3 Å². The van der Waals surface area contributed by atoms with E-state index in [1.807, 2.05) is 12.1 Å². The third-order valence-corrected chi connectivity index (χ3v) is 6.00. The lowest BCUT2D eigenvalue weighted by Gasteiger charge is -2.31. The zero-order valence-electron chi connectivity index (χ0n) is 16.6. The summed E-state index contributed by atoms with van der Waals surface area (Å²) >= 11 is 12.1. The number of hydrogen-bond donors (Lipinski definition) is 2. The number of aromatic amines is 1. The van der Waals surface area contributed by atoms with Crippen molar-refractivity contribution < 1.29 is 9.59 Å². The van der Waals surface area contributed by atoms with Crippen molar-refractivity contribution in [2.45, 2.75) is 19.4 Å². The molecule has 1 fully saturated rings. The maximum absolute atomic E-state index is 12.8. The van der Waals surface area contributed by atoms with E-state index in [0.717, 1.165) is 11.1 Å². The lowest BCUT2D eigenvalue weighted by Crippen LogP contribution is -2.43. The number of nitrogens with zero attached hydrogens (tertiary/aromatic N) is 3. The van der Waals surface area contributed by atoms with Gasteiger partial charge in [-0.1, -0.05) is 23.2 Å². The van der Waals surface area contributed by atoms with Crippen LogP contribution in [0.15, 0.2) is 48.8 Å². The number of aromatic nitrogens is 3. The van der Waals surface area contributed by atoms with Gasteiger partial charge in [-0.2, -0.15) is 5.10 Å². The molecule has 9 heteroatoms. The molecule has 1 saturated heterocycles. The molecular weight excluding hydrogens is 437 g/mol. The van der Waals surface area contributed by atoms with Crippen LogP contribution in [0.2, 0.25) is 10.0 Å². The Morgan fingerprint density at radius 2 is 1.84 bits per heavy atom. The van der Waals surface area contributed by atoms with Crippen LogP contribution in [0.4, 0.5) is 0 Å². The highest BCUT2D eigenvalue weighted by atomic mass is 35.5. The lowest BCUT2D eigenvalue weighted by atomic mass is 9.95. The minimum absolute atomic E-state index is 0.0374. The van der Waals surface area contributed by atoms with Crippen LogP contribution >= 0.6 is 23.2 Å². The Bertz CT molecular complexity index is 1080. The average Bonchev–Trinajstić information content (AvgIpc) is 3.30. The fourth-order valence-electron chi connectivity index (χ4n) is 3.62. The van der Waals surface area contributed by atoms with Crippen LogP contribution in [0, 0.1) is 5.92 Å². The van der Waals surface area contributed by atoms with Gasteiger partial charge in [0.25, 0.3) is 5.91 Å². The molecule has 3 heterocycles. The van der Waals surface area contributed by atoms with Crippen LogP contribution in [-0.4, -0.2) is 45.0 Å². The summed E-state index contributed by atoms with van der Waals surface area (Å²) in [6, 6.07) is 10.6. The summed E-state index contributed by atoms with van der Waals surface area (Å²) in [6.07, 6.45) is 4.57. The molecule has 2 aromatic heterocycles. The van der Waals surface area contributed by atoms with E-state index in [1.54, 1.807) is 41.6 Å². The number of amides is 2. The number of halogens is 2. The van der Waals surface area contributed by atoms with Gasteiger partial charge in [0.1, 0.15) is 5.69 Å². The Kier molecular flexibility index (Phi) is 6.53. The fraction of sp³-hybridized carbons (Fsp3) is 0.273. The van der Waals surface area contributed by atoms with E-state index in [-0.39, 0.29) is 17.7 Å². The van der Waals surface area contributed by atoms with Gasteiger partial charge in [-0.05, 0) is 54.8 Å². The van der Waals surface area contributed by atoms with Crippen molar-refractivity contribution in [3.05, 3.63) is 70.1 Å². The number of likely N-dealkylation sites (tertiary alicyclic amines) is 1. The summed E-state index contributed by atoms with van der Waals surface area (Å²) in [5.41, 5.74) is 2.80. The molecular formula is C22H21Cl2N5O2. The topological polar surface area (TPSA) is 91.0 Å². The first-order chi connectivity index (χ1) is 15.0. The first-order valence-corrected chi connectivity index (χ1v) is 10.7. The van der Waals surface area contributed by atoms with Crippen molar-refractivity contribution >= 4 is 35.0 Å². The van der Waals surface area contributed by atoms with Gasteiger partial charge in [-0.25, -0.2) is 0 Å². The maximum atomic E-state index is 12.8. The molecule has 160 valence electrons. The Labute approximate surface area is 189 Å². The summed E-state index contributed by atoms with van der Waals surface area (Å²) in [5, 5.41) is 11.1. The number of rotatable bonds is 5. The highest BCUT2D eigenvalue weighted by Crippen LogP contribution is 2.23. The van der Waals surface area contributed by atoms with E-state index in [0.29, 0.717) is 53.9 Å². The second kappa shape index (κ2) is 9.49. The molecule has 0 bridgehead atoms. The quantitative estimate of drug-likeness (QED) is 0.606. The molecule has 7 nitrogen and oxygen atoms in total. The van der Waals surface area contributed by atoms with E-state index < -0.39 is 0 Å². The SMILES string of the molecule is O=C(NCc1cc(Cl)ccc1Cl)C1CCN(C(=O)c2cc(-c3ccncc3)n[nH]2)CC1. The lowest BCUT2D eigenvalue weighted by molar-refractivity contribution is -0.126. The first-order valence-electron chi connectivity index (χ1n) is 9.98.